The minimum absolute atomic E-state index is 0.264. The van der Waals surface area contributed by atoms with Gasteiger partial charge in [-0.2, -0.15) is 0 Å². The molecule has 1 saturated heterocycles. The van der Waals surface area contributed by atoms with Gasteiger partial charge in [-0.25, -0.2) is 9.29 Å². The molecule has 1 aromatic heterocycles. The van der Waals surface area contributed by atoms with Crippen molar-refractivity contribution in [3.63, 3.8) is 0 Å². The molecule has 1 N–H and O–H groups in total. The molecule has 3 unspecified atom stereocenters. The van der Waals surface area contributed by atoms with E-state index in [0.29, 0.717) is 32.7 Å². The van der Waals surface area contributed by atoms with Crippen molar-refractivity contribution >= 4 is 52.2 Å². The first-order valence-corrected chi connectivity index (χ1v) is 14.6. The van der Waals surface area contributed by atoms with Gasteiger partial charge in [0.2, 0.25) is 17.7 Å². The van der Waals surface area contributed by atoms with Gasteiger partial charge in [-0.1, -0.05) is 41.3 Å². The van der Waals surface area contributed by atoms with Crippen molar-refractivity contribution in [3.05, 3.63) is 98.7 Å². The van der Waals surface area contributed by atoms with E-state index < -0.39 is 40.6 Å². The van der Waals surface area contributed by atoms with E-state index in [4.69, 9.17) is 9.47 Å². The molecule has 3 aromatic carbocycles. The molecule has 3 amide bonds. The number of aromatic nitrogens is 1. The van der Waals surface area contributed by atoms with Crippen molar-refractivity contribution in [2.45, 2.75) is 22.7 Å². The Hall–Kier alpha value is -4.42. The molecular weight excluding hydrogens is 581 g/mol. The third kappa shape index (κ3) is 4.76. The zero-order valence-corrected chi connectivity index (χ0v) is 24.0. The van der Waals surface area contributed by atoms with Gasteiger partial charge in [0.15, 0.2) is 0 Å². The number of fused-ring (bicyclic) bond motifs is 2. The number of benzene rings is 3. The number of rotatable bonds is 7. The molecule has 6 rings (SSSR count). The van der Waals surface area contributed by atoms with Crippen LogP contribution in [-0.2, 0) is 20.9 Å². The predicted octanol–water partition coefficient (Wildman–Crippen LogP) is 4.50. The Morgan fingerprint density at radius 3 is 2.33 bits per heavy atom. The second-order valence-corrected chi connectivity index (χ2v) is 11.8. The molecule has 0 spiro atoms. The number of thiazole rings is 1. The first-order valence-electron chi connectivity index (χ1n) is 12.9. The lowest BCUT2D eigenvalue weighted by atomic mass is 9.82. The van der Waals surface area contributed by atoms with Crippen LogP contribution in [-0.4, -0.2) is 41.8 Å². The second-order valence-electron chi connectivity index (χ2n) is 9.67. The van der Waals surface area contributed by atoms with Gasteiger partial charge in [-0.15, -0.1) is 0 Å². The van der Waals surface area contributed by atoms with Crippen molar-refractivity contribution in [1.82, 2.24) is 4.57 Å². The molecule has 0 radical (unpaired) electrons. The number of nitrogens with zero attached hydrogens (tertiary/aromatic N) is 2. The van der Waals surface area contributed by atoms with Gasteiger partial charge >= 0.3 is 4.87 Å². The van der Waals surface area contributed by atoms with Crippen molar-refractivity contribution in [1.29, 1.82) is 0 Å². The molecule has 214 valence electrons. The number of imide groups is 1. The highest BCUT2D eigenvalue weighted by molar-refractivity contribution is 8.00. The third-order valence-corrected chi connectivity index (χ3v) is 9.89. The van der Waals surface area contributed by atoms with E-state index in [1.807, 2.05) is 6.07 Å². The van der Waals surface area contributed by atoms with E-state index in [1.165, 1.54) is 35.9 Å². The van der Waals surface area contributed by atoms with E-state index in [0.717, 1.165) is 28.0 Å². The lowest BCUT2D eigenvalue weighted by Gasteiger charge is -2.31. The summed E-state index contributed by atoms with van der Waals surface area (Å²) in [4.78, 5) is 55.4. The van der Waals surface area contributed by atoms with Crippen LogP contribution in [0.3, 0.4) is 0 Å². The molecule has 9 nitrogen and oxygen atoms in total. The molecule has 0 aliphatic carbocycles. The predicted molar refractivity (Wildman–Crippen MR) is 157 cm³/mol. The van der Waals surface area contributed by atoms with Crippen LogP contribution in [0.4, 0.5) is 15.8 Å². The zero-order valence-electron chi connectivity index (χ0n) is 22.4. The largest absolute Gasteiger partial charge is 0.497 e. The Bertz CT molecular complexity index is 1750. The highest BCUT2D eigenvalue weighted by Crippen LogP contribution is 2.55. The van der Waals surface area contributed by atoms with Crippen molar-refractivity contribution in [2.24, 2.45) is 5.92 Å². The molecule has 4 aromatic rings. The number of amides is 3. The zero-order chi connectivity index (χ0) is 29.5. The summed E-state index contributed by atoms with van der Waals surface area (Å²) < 4.78 is 25.8. The molecule has 2 aliphatic rings. The Morgan fingerprint density at radius 2 is 1.64 bits per heavy atom. The fourth-order valence-electron chi connectivity index (χ4n) is 5.38. The van der Waals surface area contributed by atoms with Crippen LogP contribution in [0.5, 0.6) is 11.5 Å². The number of hydrogen-bond acceptors (Lipinski definition) is 8. The number of carbonyl (C=O) groups excluding carboxylic acids is 3. The molecule has 3 heterocycles. The number of anilines is 2. The van der Waals surface area contributed by atoms with Gasteiger partial charge in [0.05, 0.1) is 30.9 Å². The van der Waals surface area contributed by atoms with Crippen molar-refractivity contribution in [2.75, 3.05) is 24.4 Å². The topological polar surface area (TPSA) is 107 Å². The maximum absolute atomic E-state index is 14.0. The van der Waals surface area contributed by atoms with Gasteiger partial charge in [0, 0.05) is 22.0 Å². The minimum Gasteiger partial charge on any atom is -0.497 e. The molecule has 1 fully saturated rings. The summed E-state index contributed by atoms with van der Waals surface area (Å²) in [5, 5.41) is 2.36. The summed E-state index contributed by atoms with van der Waals surface area (Å²) in [6.45, 7) is -0.288. The highest BCUT2D eigenvalue weighted by Gasteiger charge is 2.57. The normalized spacial score (nSPS) is 19.3. The van der Waals surface area contributed by atoms with Crippen LogP contribution in [0.2, 0.25) is 0 Å². The molecular formula is C30H24FN3O6S2. The first-order chi connectivity index (χ1) is 20.3. The lowest BCUT2D eigenvalue weighted by Crippen LogP contribution is -2.33. The summed E-state index contributed by atoms with van der Waals surface area (Å²) in [5.74, 6) is -2.24. The van der Waals surface area contributed by atoms with Crippen LogP contribution < -0.4 is 24.6 Å². The first kappa shape index (κ1) is 27.7. The summed E-state index contributed by atoms with van der Waals surface area (Å²) >= 11 is 2.05. The summed E-state index contributed by atoms with van der Waals surface area (Å²) in [6, 6.07) is 19.1. The van der Waals surface area contributed by atoms with Gasteiger partial charge < -0.3 is 14.8 Å². The van der Waals surface area contributed by atoms with Crippen molar-refractivity contribution in [3.8, 4) is 11.5 Å². The number of hydrogen-bond donors (Lipinski definition) is 1. The number of para-hydroxylation sites is 1. The summed E-state index contributed by atoms with van der Waals surface area (Å²) in [5.41, 5.74) is 1.44. The number of carbonyl (C=O) groups is 3. The maximum Gasteiger partial charge on any atom is 0.308 e. The van der Waals surface area contributed by atoms with Crippen LogP contribution in [0.15, 0.2) is 82.6 Å². The number of halogens is 1. The summed E-state index contributed by atoms with van der Waals surface area (Å²) in [7, 11) is 3.06. The fraction of sp³-hybridized carbons (Fsp3) is 0.200. The lowest BCUT2D eigenvalue weighted by molar-refractivity contribution is -0.122. The van der Waals surface area contributed by atoms with Gasteiger partial charge in [0.25, 0.3) is 0 Å². The standard InChI is InChI=1S/C30H24FN3O6S2/c1-39-19-13-9-17(10-14-19)32-22(35)15-33-29-26(42-30(33)38)23(20-5-3-4-6-21(20)40-2)24-25(41-29)28(37)34(27(24)36)18-11-7-16(31)8-12-18/h3-14,23-25H,15H2,1-2H3,(H,32,35). The SMILES string of the molecule is COc1ccc(NC(=O)Cn2c3c(sc2=O)C(c2ccccc2OC)C2C(=O)N(c4ccc(F)cc4)C(=O)C2S3)cc1. The maximum atomic E-state index is 14.0. The smallest absolute Gasteiger partial charge is 0.308 e. The third-order valence-electron chi connectivity index (χ3n) is 7.28. The average Bonchev–Trinajstić information content (AvgIpc) is 3.44. The fourth-order valence-corrected chi connectivity index (χ4v) is 8.14. The van der Waals surface area contributed by atoms with Crippen molar-refractivity contribution < 1.29 is 28.2 Å². The van der Waals surface area contributed by atoms with E-state index in [9.17, 15) is 23.6 Å². The van der Waals surface area contributed by atoms with Gasteiger partial charge in [0.1, 0.15) is 29.1 Å². The molecule has 2 aliphatic heterocycles. The Morgan fingerprint density at radius 1 is 0.929 bits per heavy atom. The molecule has 42 heavy (non-hydrogen) atoms. The molecule has 12 heteroatoms. The minimum atomic E-state index is -0.880. The van der Waals surface area contributed by atoms with Gasteiger partial charge in [-0.3, -0.25) is 23.7 Å². The average molecular weight is 606 g/mol. The number of thioether (sulfide) groups is 1. The molecule has 0 bridgehead atoms. The summed E-state index contributed by atoms with van der Waals surface area (Å²) in [6.07, 6.45) is 0. The Balaban J connectivity index is 1.41. The molecule has 0 saturated carbocycles. The number of nitrogens with one attached hydrogen (secondary N) is 1. The van der Waals surface area contributed by atoms with Crippen LogP contribution in [0, 0.1) is 11.7 Å². The van der Waals surface area contributed by atoms with Crippen LogP contribution >= 0.6 is 23.1 Å². The van der Waals surface area contributed by atoms with E-state index in [-0.39, 0.29) is 17.1 Å². The second kappa shape index (κ2) is 11.1. The van der Waals surface area contributed by atoms with E-state index in [2.05, 4.69) is 5.32 Å². The van der Waals surface area contributed by atoms with E-state index >= 15 is 0 Å². The molecule has 3 atom stereocenters. The van der Waals surface area contributed by atoms with Crippen LogP contribution in [0.1, 0.15) is 16.4 Å². The van der Waals surface area contributed by atoms with Crippen LogP contribution in [0.25, 0.3) is 0 Å². The highest BCUT2D eigenvalue weighted by atomic mass is 32.2. The Labute approximate surface area is 247 Å². The monoisotopic (exact) mass is 605 g/mol. The Kier molecular flexibility index (Phi) is 7.33. The number of ether oxygens (including phenoxy) is 2. The van der Waals surface area contributed by atoms with Gasteiger partial charge in [-0.05, 0) is 54.6 Å². The van der Waals surface area contributed by atoms with E-state index in [1.54, 1.807) is 49.6 Å². The quantitative estimate of drug-likeness (QED) is 0.309. The number of methoxy groups -OCH3 is 2.